The molecule has 2 aliphatic rings. The van der Waals surface area contributed by atoms with E-state index in [0.717, 1.165) is 30.8 Å². The van der Waals surface area contributed by atoms with E-state index in [1.54, 1.807) is 18.2 Å². The van der Waals surface area contributed by atoms with Crippen LogP contribution >= 0.6 is 35.8 Å². The zero-order valence-corrected chi connectivity index (χ0v) is 27.7. The van der Waals surface area contributed by atoms with Crippen LogP contribution < -0.4 is 21.7 Å². The number of carbonyl (C=O) groups excluding carboxylic acids is 2. The Kier molecular flexibility index (Phi) is 15.2. The summed E-state index contributed by atoms with van der Waals surface area (Å²) in [6.45, 7) is 14.1. The van der Waals surface area contributed by atoms with Crippen molar-refractivity contribution < 1.29 is 9.59 Å². The Morgan fingerprint density at radius 1 is 1.12 bits per heavy atom. The van der Waals surface area contributed by atoms with E-state index in [2.05, 4.69) is 56.2 Å². The summed E-state index contributed by atoms with van der Waals surface area (Å²) in [6, 6.07) is 3.82. The zero-order valence-electron chi connectivity index (χ0n) is 25.3. The van der Waals surface area contributed by atoms with E-state index < -0.39 is 0 Å². The molecule has 0 aliphatic carbocycles. The second kappa shape index (κ2) is 18.0. The van der Waals surface area contributed by atoms with Crippen molar-refractivity contribution in [2.45, 2.75) is 45.7 Å². The number of aldehydes is 1. The van der Waals surface area contributed by atoms with Gasteiger partial charge in [-0.3, -0.25) is 14.5 Å². The molecule has 4 heterocycles. The Hall–Kier alpha value is -2.90. The van der Waals surface area contributed by atoms with E-state index in [1.165, 1.54) is 0 Å². The smallest absolute Gasteiger partial charge is 0.257 e. The number of pyridine rings is 1. The number of nitrogens with two attached hydrogens (primary N) is 2. The third-order valence-corrected chi connectivity index (χ3v) is 7.76. The van der Waals surface area contributed by atoms with Crippen LogP contribution in [0.1, 0.15) is 54.5 Å². The number of nitrogens with zero attached hydrogens (tertiary/aromatic N) is 6. The van der Waals surface area contributed by atoms with Gasteiger partial charge < -0.3 is 26.6 Å². The van der Waals surface area contributed by atoms with E-state index >= 15 is 0 Å². The molecule has 14 heteroatoms. The van der Waals surface area contributed by atoms with E-state index in [1.807, 2.05) is 31.9 Å². The number of likely N-dealkylation sites (tertiary alicyclic amines) is 1. The quantitative estimate of drug-likeness (QED) is 0.149. The number of carbonyl (C=O) groups is 2. The molecule has 0 spiro atoms. The lowest BCUT2D eigenvalue weighted by Crippen LogP contribution is -2.58. The van der Waals surface area contributed by atoms with Crippen LogP contribution in [0.25, 0.3) is 0 Å². The van der Waals surface area contributed by atoms with Crippen LogP contribution in [0, 0.1) is 0 Å². The predicted octanol–water partition coefficient (Wildman–Crippen LogP) is 4.20. The molecule has 2 aliphatic heterocycles. The summed E-state index contributed by atoms with van der Waals surface area (Å²) in [6.07, 6.45) is 5.88. The molecule has 11 nitrogen and oxygen atoms in total. The number of amides is 1. The molecule has 2 fully saturated rings. The number of halogens is 2. The first-order chi connectivity index (χ1) is 20.6. The lowest BCUT2D eigenvalue weighted by atomic mass is 9.99. The molecule has 4 rings (SSSR count). The van der Waals surface area contributed by atoms with Gasteiger partial charge in [-0.05, 0) is 43.9 Å². The van der Waals surface area contributed by atoms with Gasteiger partial charge in [0.2, 0.25) is 0 Å². The van der Waals surface area contributed by atoms with Crippen LogP contribution in [0.3, 0.4) is 0 Å². The normalized spacial score (nSPS) is 17.7. The number of anilines is 3. The highest BCUT2D eigenvalue weighted by Crippen LogP contribution is 2.29. The molecule has 0 radical (unpaired) electrons. The molecule has 1 unspecified atom stereocenters. The molecule has 5 N–H and O–H groups in total. The summed E-state index contributed by atoms with van der Waals surface area (Å²) in [5, 5.41) is 3.40. The third-order valence-electron chi connectivity index (χ3n) is 6.99. The lowest BCUT2D eigenvalue weighted by molar-refractivity contribution is 0.0526. The number of piperazine rings is 1. The molecule has 0 bridgehead atoms. The minimum absolute atomic E-state index is 0.0490. The Morgan fingerprint density at radius 2 is 1.79 bits per heavy atom. The molecule has 1 atom stereocenters. The summed E-state index contributed by atoms with van der Waals surface area (Å²) < 4.78 is 0. The fourth-order valence-corrected chi connectivity index (χ4v) is 5.67. The van der Waals surface area contributed by atoms with Gasteiger partial charge in [0.15, 0.2) is 23.1 Å². The van der Waals surface area contributed by atoms with Gasteiger partial charge >= 0.3 is 0 Å². The molecular weight excluding hydrogens is 609 g/mol. The molecule has 2 aromatic rings. The van der Waals surface area contributed by atoms with Crippen molar-refractivity contribution in [2.24, 2.45) is 0 Å². The van der Waals surface area contributed by atoms with Gasteiger partial charge in [0, 0.05) is 51.4 Å². The molecule has 0 saturated carbocycles. The number of hydrogen-bond acceptors (Lipinski definition) is 11. The zero-order chi connectivity index (χ0) is 32.1. The van der Waals surface area contributed by atoms with Crippen LogP contribution in [0.15, 0.2) is 35.8 Å². The highest BCUT2D eigenvalue weighted by Gasteiger charge is 2.34. The summed E-state index contributed by atoms with van der Waals surface area (Å²) in [5.41, 5.74) is 12.2. The summed E-state index contributed by atoms with van der Waals surface area (Å²) in [7, 11) is 1.88. The molecule has 2 aromatic heterocycles. The number of hydrogen-bond donors (Lipinski definition) is 4. The number of allylic oxidation sites excluding steroid dienone is 2. The molecule has 236 valence electrons. The van der Waals surface area contributed by atoms with Crippen molar-refractivity contribution >= 4 is 65.5 Å². The van der Waals surface area contributed by atoms with Crippen molar-refractivity contribution in [3.05, 3.63) is 57.3 Å². The number of thiol groups is 1. The van der Waals surface area contributed by atoms with Gasteiger partial charge in [0.25, 0.3) is 5.91 Å². The first-order valence-electron chi connectivity index (χ1n) is 14.2. The lowest BCUT2D eigenvalue weighted by Gasteiger charge is -2.46. The van der Waals surface area contributed by atoms with Crippen LogP contribution in [-0.4, -0.2) is 95.3 Å². The minimum atomic E-state index is -0.113. The largest absolute Gasteiger partial charge is 0.383 e. The Balaban J connectivity index is 0.000000561. The Morgan fingerprint density at radius 3 is 2.35 bits per heavy atom. The molecule has 2 saturated heterocycles. The Bertz CT molecular complexity index is 1270. The van der Waals surface area contributed by atoms with Gasteiger partial charge in [-0.15, -0.1) is 12.6 Å². The number of aromatic nitrogens is 3. The summed E-state index contributed by atoms with van der Waals surface area (Å²) in [5.74, 6) is 0.620. The minimum Gasteiger partial charge on any atom is -0.383 e. The fourth-order valence-electron chi connectivity index (χ4n) is 5.00. The molecular formula is C29H43Cl2N9O2S. The van der Waals surface area contributed by atoms with Crippen molar-refractivity contribution in [3.8, 4) is 0 Å². The first kappa shape index (κ1) is 36.3. The van der Waals surface area contributed by atoms with E-state index in [0.29, 0.717) is 49.9 Å². The second-order valence-electron chi connectivity index (χ2n) is 9.77. The van der Waals surface area contributed by atoms with Crippen LogP contribution in [0.2, 0.25) is 10.3 Å². The number of nitrogen functional groups attached to an aromatic ring is 2. The SMILES string of the molecule is C=C/C=C(\S)CNC.CC.CC1CN(c2nc(N)c(C=O)nc2Cl)CCN1C1CCN(C(=O)c2ccc(Cl)nc2N)CC1. The second-order valence-corrected chi connectivity index (χ2v) is 11.1. The van der Waals surface area contributed by atoms with Gasteiger partial charge in [-0.1, -0.05) is 55.8 Å². The molecule has 0 aromatic carbocycles. The van der Waals surface area contributed by atoms with Gasteiger partial charge in [-0.2, -0.15) is 0 Å². The maximum absolute atomic E-state index is 12.9. The van der Waals surface area contributed by atoms with E-state index in [4.69, 9.17) is 34.7 Å². The molecule has 1 amide bonds. The maximum Gasteiger partial charge on any atom is 0.257 e. The van der Waals surface area contributed by atoms with Crippen LogP contribution in [-0.2, 0) is 0 Å². The molecule has 43 heavy (non-hydrogen) atoms. The van der Waals surface area contributed by atoms with E-state index in [-0.39, 0.29) is 39.6 Å². The topological polar surface area (TPSA) is 147 Å². The van der Waals surface area contributed by atoms with Crippen molar-refractivity contribution in [3.63, 3.8) is 0 Å². The highest BCUT2D eigenvalue weighted by molar-refractivity contribution is 7.84. The average Bonchev–Trinajstić information content (AvgIpc) is 2.99. The number of nitrogens with one attached hydrogen (secondary N) is 1. The van der Waals surface area contributed by atoms with Crippen LogP contribution in [0.5, 0.6) is 0 Å². The number of likely N-dealkylation sites (N-methyl/N-ethyl adjacent to an activating group) is 1. The standard InChI is InChI=1S/C21H26Cl2N8O2.C6H11NS.C2H6/c1-12-10-30(20-17(23)26-15(11-32)19(25)28-20)8-9-31(12)13-4-6-29(7-5-13)21(33)14-2-3-16(22)27-18(14)24;1-3-4-6(8)5-7-2;1-2/h2-3,11-13H,4-10H2,1H3,(H2,24,27)(H2,25,28);3-4,7-8H,1,5H2,2H3;1-2H3/b;6-4-;. The van der Waals surface area contributed by atoms with Gasteiger partial charge in [0.05, 0.1) is 5.56 Å². The van der Waals surface area contributed by atoms with Crippen molar-refractivity contribution in [1.82, 2.24) is 30.1 Å². The number of piperidine rings is 1. The monoisotopic (exact) mass is 651 g/mol. The van der Waals surface area contributed by atoms with Gasteiger partial charge in [0.1, 0.15) is 16.7 Å². The van der Waals surface area contributed by atoms with Crippen LogP contribution in [0.4, 0.5) is 17.5 Å². The summed E-state index contributed by atoms with van der Waals surface area (Å²) in [4.78, 5) is 43.6. The summed E-state index contributed by atoms with van der Waals surface area (Å²) >= 11 is 16.2. The van der Waals surface area contributed by atoms with Crippen molar-refractivity contribution in [1.29, 1.82) is 0 Å². The average molecular weight is 653 g/mol. The van der Waals surface area contributed by atoms with Crippen molar-refractivity contribution in [2.75, 3.05) is 62.7 Å². The number of rotatable bonds is 7. The third kappa shape index (κ3) is 10.1. The van der Waals surface area contributed by atoms with Gasteiger partial charge in [-0.25, -0.2) is 15.0 Å². The first-order valence-corrected chi connectivity index (χ1v) is 15.4. The van der Waals surface area contributed by atoms with E-state index in [9.17, 15) is 9.59 Å². The highest BCUT2D eigenvalue weighted by atomic mass is 35.5. The predicted molar refractivity (Wildman–Crippen MR) is 180 cm³/mol. The maximum atomic E-state index is 12.9. The fraction of sp³-hybridized carbons (Fsp3) is 0.483. The Labute approximate surface area is 270 Å².